The maximum Gasteiger partial charge on any atom is 0.261 e. The number of carbonyl (C=O) groups excluding carboxylic acids is 2. The minimum Gasteiger partial charge on any atom is -0.496 e. The van der Waals surface area contributed by atoms with E-state index < -0.39 is 23.1 Å². The van der Waals surface area contributed by atoms with E-state index in [0.29, 0.717) is 13.1 Å². The topological polar surface area (TPSA) is 49.9 Å². The molecule has 2 aromatic rings. The molecule has 2 amide bonds. The van der Waals surface area contributed by atoms with Crippen LogP contribution in [-0.2, 0) is 11.3 Å². The fourth-order valence-corrected chi connectivity index (χ4v) is 3.14. The van der Waals surface area contributed by atoms with E-state index in [1.807, 2.05) is 31.2 Å². The zero-order chi connectivity index (χ0) is 19.6. The van der Waals surface area contributed by atoms with Gasteiger partial charge in [0, 0.05) is 19.6 Å². The lowest BCUT2D eigenvalue weighted by molar-refractivity contribution is -0.135. The molecule has 1 saturated heterocycles. The van der Waals surface area contributed by atoms with Gasteiger partial charge in [0.15, 0.2) is 11.6 Å². The monoisotopic (exact) mass is 374 g/mol. The van der Waals surface area contributed by atoms with E-state index in [1.165, 1.54) is 18.1 Å². The lowest BCUT2D eigenvalue weighted by atomic mass is 10.1. The van der Waals surface area contributed by atoms with Crippen molar-refractivity contribution < 1.29 is 23.1 Å². The summed E-state index contributed by atoms with van der Waals surface area (Å²) >= 11 is 0. The van der Waals surface area contributed by atoms with E-state index in [-0.39, 0.29) is 24.7 Å². The highest BCUT2D eigenvalue weighted by atomic mass is 19.2. The van der Waals surface area contributed by atoms with Crippen LogP contribution in [0.25, 0.3) is 0 Å². The second-order valence-corrected chi connectivity index (χ2v) is 6.47. The maximum atomic E-state index is 14.2. The molecule has 0 atom stereocenters. The van der Waals surface area contributed by atoms with Crippen LogP contribution in [0.2, 0.25) is 0 Å². The summed E-state index contributed by atoms with van der Waals surface area (Å²) in [7, 11) is 1.27. The third kappa shape index (κ3) is 3.92. The van der Waals surface area contributed by atoms with Crippen molar-refractivity contribution in [1.29, 1.82) is 0 Å². The number of ether oxygens (including phenoxy) is 1. The molecular formula is C20H20F2N2O3. The number of piperazine rings is 1. The summed E-state index contributed by atoms with van der Waals surface area (Å²) in [6.07, 6.45) is 0. The summed E-state index contributed by atoms with van der Waals surface area (Å²) in [4.78, 5) is 28.0. The van der Waals surface area contributed by atoms with Crippen molar-refractivity contribution in [3.8, 4) is 5.75 Å². The van der Waals surface area contributed by atoms with Gasteiger partial charge in [-0.3, -0.25) is 9.59 Å². The van der Waals surface area contributed by atoms with Crippen LogP contribution in [0.15, 0.2) is 36.4 Å². The van der Waals surface area contributed by atoms with Gasteiger partial charge in [-0.05, 0) is 24.6 Å². The molecule has 1 heterocycles. The molecular weight excluding hydrogens is 354 g/mol. The number of halogens is 2. The normalized spacial score (nSPS) is 14.4. The van der Waals surface area contributed by atoms with Crippen LogP contribution in [-0.4, -0.2) is 48.4 Å². The third-order valence-electron chi connectivity index (χ3n) is 4.55. The molecule has 0 N–H and O–H groups in total. The first-order valence-electron chi connectivity index (χ1n) is 8.55. The van der Waals surface area contributed by atoms with Crippen molar-refractivity contribution in [2.75, 3.05) is 26.7 Å². The quantitative estimate of drug-likeness (QED) is 0.827. The van der Waals surface area contributed by atoms with Crippen LogP contribution in [0.5, 0.6) is 5.75 Å². The van der Waals surface area contributed by atoms with Gasteiger partial charge in [-0.1, -0.05) is 29.8 Å². The summed E-state index contributed by atoms with van der Waals surface area (Å²) in [6, 6.07) is 9.93. The molecule has 1 aliphatic rings. The van der Waals surface area contributed by atoms with Crippen molar-refractivity contribution in [3.05, 3.63) is 64.7 Å². The van der Waals surface area contributed by atoms with Gasteiger partial charge in [0.25, 0.3) is 5.91 Å². The summed E-state index contributed by atoms with van der Waals surface area (Å²) in [5.41, 5.74) is 1.61. The molecule has 0 unspecified atom stereocenters. The predicted molar refractivity (Wildman–Crippen MR) is 95.4 cm³/mol. The molecule has 0 radical (unpaired) electrons. The molecule has 0 bridgehead atoms. The molecule has 0 saturated carbocycles. The van der Waals surface area contributed by atoms with Gasteiger partial charge in [-0.25, -0.2) is 8.78 Å². The third-order valence-corrected chi connectivity index (χ3v) is 4.55. The SMILES string of the molecule is COc1ccc(F)c(F)c1C(=O)N1CCN(Cc2cccc(C)c2)C(=O)C1. The first kappa shape index (κ1) is 18.8. The van der Waals surface area contributed by atoms with Crippen molar-refractivity contribution >= 4 is 11.8 Å². The molecule has 1 fully saturated rings. The fraction of sp³-hybridized carbons (Fsp3) is 0.300. The number of rotatable bonds is 4. The minimum absolute atomic E-state index is 0.0615. The summed E-state index contributed by atoms with van der Waals surface area (Å²) < 4.78 is 32.7. The van der Waals surface area contributed by atoms with E-state index >= 15 is 0 Å². The maximum absolute atomic E-state index is 14.2. The van der Waals surface area contributed by atoms with Gasteiger partial charge >= 0.3 is 0 Å². The Morgan fingerprint density at radius 3 is 2.63 bits per heavy atom. The zero-order valence-corrected chi connectivity index (χ0v) is 15.2. The average molecular weight is 374 g/mol. The fourth-order valence-electron chi connectivity index (χ4n) is 3.14. The molecule has 27 heavy (non-hydrogen) atoms. The summed E-state index contributed by atoms with van der Waals surface area (Å²) in [6.45, 7) is 2.78. The van der Waals surface area contributed by atoms with Gasteiger partial charge < -0.3 is 14.5 Å². The standard InChI is InChI=1S/C20H20F2N2O3/c1-13-4-3-5-14(10-13)11-23-8-9-24(12-17(23)25)20(26)18-16(27-2)7-6-15(21)19(18)22/h3-7,10H,8-9,11-12H2,1-2H3. The molecule has 3 rings (SSSR count). The minimum atomic E-state index is -1.27. The van der Waals surface area contributed by atoms with E-state index in [4.69, 9.17) is 4.74 Å². The Bertz CT molecular complexity index is 886. The largest absolute Gasteiger partial charge is 0.496 e. The van der Waals surface area contributed by atoms with Crippen LogP contribution in [0, 0.1) is 18.6 Å². The number of hydrogen-bond acceptors (Lipinski definition) is 3. The molecule has 1 aliphatic heterocycles. The molecule has 142 valence electrons. The number of carbonyl (C=O) groups is 2. The van der Waals surface area contributed by atoms with E-state index in [1.54, 1.807) is 4.90 Å². The Balaban J connectivity index is 1.74. The smallest absolute Gasteiger partial charge is 0.261 e. The Labute approximate surface area is 156 Å². The zero-order valence-electron chi connectivity index (χ0n) is 15.2. The first-order chi connectivity index (χ1) is 12.9. The van der Waals surface area contributed by atoms with E-state index in [2.05, 4.69) is 0 Å². The number of aryl methyl sites for hydroxylation is 1. The molecule has 0 aliphatic carbocycles. The van der Waals surface area contributed by atoms with Gasteiger partial charge in [0.2, 0.25) is 5.91 Å². The molecule has 0 aromatic heterocycles. The van der Waals surface area contributed by atoms with E-state index in [0.717, 1.165) is 17.2 Å². The first-order valence-corrected chi connectivity index (χ1v) is 8.55. The second kappa shape index (κ2) is 7.73. The van der Waals surface area contributed by atoms with Gasteiger partial charge in [0.1, 0.15) is 17.9 Å². The van der Waals surface area contributed by atoms with Crippen LogP contribution in [0.1, 0.15) is 21.5 Å². The lowest BCUT2D eigenvalue weighted by Gasteiger charge is -2.34. The number of nitrogens with zero attached hydrogens (tertiary/aromatic N) is 2. The van der Waals surface area contributed by atoms with Gasteiger partial charge in [-0.2, -0.15) is 0 Å². The Kier molecular flexibility index (Phi) is 5.39. The van der Waals surface area contributed by atoms with E-state index in [9.17, 15) is 18.4 Å². The average Bonchev–Trinajstić information content (AvgIpc) is 2.65. The molecule has 5 nitrogen and oxygen atoms in total. The van der Waals surface area contributed by atoms with Gasteiger partial charge in [-0.15, -0.1) is 0 Å². The molecule has 7 heteroatoms. The van der Waals surface area contributed by atoms with Gasteiger partial charge in [0.05, 0.1) is 7.11 Å². The van der Waals surface area contributed by atoms with Crippen molar-refractivity contribution in [3.63, 3.8) is 0 Å². The highest BCUT2D eigenvalue weighted by molar-refractivity contribution is 5.99. The second-order valence-electron chi connectivity index (χ2n) is 6.47. The van der Waals surface area contributed by atoms with Crippen LogP contribution < -0.4 is 4.74 Å². The summed E-state index contributed by atoms with van der Waals surface area (Å²) in [5, 5.41) is 0. The molecule has 2 aromatic carbocycles. The van der Waals surface area contributed by atoms with Crippen LogP contribution in [0.3, 0.4) is 0 Å². The highest BCUT2D eigenvalue weighted by Gasteiger charge is 2.31. The molecule has 0 spiro atoms. The summed E-state index contributed by atoms with van der Waals surface area (Å²) in [5.74, 6) is -3.47. The van der Waals surface area contributed by atoms with Crippen molar-refractivity contribution in [1.82, 2.24) is 9.80 Å². The Hall–Kier alpha value is -2.96. The number of amides is 2. The highest BCUT2D eigenvalue weighted by Crippen LogP contribution is 2.26. The van der Waals surface area contributed by atoms with Crippen LogP contribution >= 0.6 is 0 Å². The van der Waals surface area contributed by atoms with Crippen molar-refractivity contribution in [2.24, 2.45) is 0 Å². The van der Waals surface area contributed by atoms with Crippen LogP contribution in [0.4, 0.5) is 8.78 Å². The number of benzene rings is 2. The number of methoxy groups -OCH3 is 1. The Morgan fingerprint density at radius 2 is 1.96 bits per heavy atom. The Morgan fingerprint density at radius 1 is 1.19 bits per heavy atom. The lowest BCUT2D eigenvalue weighted by Crippen LogP contribution is -2.52. The van der Waals surface area contributed by atoms with Crippen molar-refractivity contribution in [2.45, 2.75) is 13.5 Å². The number of hydrogen-bond donors (Lipinski definition) is 0. The predicted octanol–water partition coefficient (Wildman–Crippen LogP) is 2.77.